The lowest BCUT2D eigenvalue weighted by molar-refractivity contribution is 0.00752. The molecule has 0 amide bonds. The molecule has 134 valence electrons. The standard InChI is InChI=1S/C18H31N5O/c1-15(2)17(23-10-12-24-13-11-23)14-22-18(19-3)21-9-7-16-6-4-5-8-20-16/h4-6,8,15,17H,7,9-14H2,1-3H3,(H2,19,21,22). The molecule has 0 spiro atoms. The number of nitrogens with zero attached hydrogens (tertiary/aromatic N) is 3. The molecule has 1 unspecified atom stereocenters. The van der Waals surface area contributed by atoms with Gasteiger partial charge in [-0.15, -0.1) is 0 Å². The number of aromatic nitrogens is 1. The third-order valence-electron chi connectivity index (χ3n) is 4.39. The van der Waals surface area contributed by atoms with Crippen LogP contribution in [0.5, 0.6) is 0 Å². The third kappa shape index (κ3) is 6.09. The van der Waals surface area contributed by atoms with Gasteiger partial charge in [0, 0.05) is 57.6 Å². The SMILES string of the molecule is CN=C(NCCc1ccccn1)NCC(C(C)C)N1CCOCC1. The van der Waals surface area contributed by atoms with E-state index in [1.807, 2.05) is 31.4 Å². The van der Waals surface area contributed by atoms with Gasteiger partial charge in [-0.3, -0.25) is 14.9 Å². The number of hydrogen-bond donors (Lipinski definition) is 2. The zero-order chi connectivity index (χ0) is 17.2. The summed E-state index contributed by atoms with van der Waals surface area (Å²) in [6.07, 6.45) is 2.72. The molecule has 2 N–H and O–H groups in total. The molecule has 0 saturated carbocycles. The summed E-state index contributed by atoms with van der Waals surface area (Å²) in [4.78, 5) is 11.2. The minimum absolute atomic E-state index is 0.489. The molecule has 1 aromatic rings. The Labute approximate surface area is 145 Å². The maximum absolute atomic E-state index is 5.47. The van der Waals surface area contributed by atoms with Gasteiger partial charge in [-0.1, -0.05) is 19.9 Å². The van der Waals surface area contributed by atoms with E-state index < -0.39 is 0 Å². The highest BCUT2D eigenvalue weighted by Gasteiger charge is 2.23. The molecule has 0 bridgehead atoms. The summed E-state index contributed by atoms with van der Waals surface area (Å²) in [6, 6.07) is 6.49. The van der Waals surface area contributed by atoms with Gasteiger partial charge in [-0.05, 0) is 18.1 Å². The van der Waals surface area contributed by atoms with Crippen molar-refractivity contribution in [3.63, 3.8) is 0 Å². The minimum atomic E-state index is 0.489. The van der Waals surface area contributed by atoms with Crippen molar-refractivity contribution in [1.82, 2.24) is 20.5 Å². The Bertz CT molecular complexity index is 485. The fourth-order valence-corrected chi connectivity index (χ4v) is 2.97. The van der Waals surface area contributed by atoms with Gasteiger partial charge in [0.1, 0.15) is 0 Å². The largest absolute Gasteiger partial charge is 0.379 e. The molecule has 0 aromatic carbocycles. The fraction of sp³-hybridized carbons (Fsp3) is 0.667. The van der Waals surface area contributed by atoms with E-state index in [9.17, 15) is 0 Å². The molecule has 1 fully saturated rings. The first-order valence-corrected chi connectivity index (χ1v) is 8.87. The molecule has 0 aliphatic carbocycles. The highest BCUT2D eigenvalue weighted by atomic mass is 16.5. The van der Waals surface area contributed by atoms with Gasteiger partial charge in [0.05, 0.1) is 13.2 Å². The number of guanidine groups is 1. The van der Waals surface area contributed by atoms with Crippen LogP contribution in [0.3, 0.4) is 0 Å². The molecule has 1 atom stereocenters. The number of nitrogens with one attached hydrogen (secondary N) is 2. The second-order valence-electron chi connectivity index (χ2n) is 6.41. The van der Waals surface area contributed by atoms with E-state index in [1.54, 1.807) is 0 Å². The summed E-state index contributed by atoms with van der Waals surface area (Å²) in [6.45, 7) is 9.95. The van der Waals surface area contributed by atoms with Crippen LogP contribution in [0.2, 0.25) is 0 Å². The zero-order valence-corrected chi connectivity index (χ0v) is 15.2. The first kappa shape index (κ1) is 18.7. The average molecular weight is 333 g/mol. The smallest absolute Gasteiger partial charge is 0.191 e. The number of pyridine rings is 1. The second kappa shape index (κ2) is 10.3. The molecular weight excluding hydrogens is 302 g/mol. The van der Waals surface area contributed by atoms with Crippen molar-refractivity contribution in [2.24, 2.45) is 10.9 Å². The van der Waals surface area contributed by atoms with Crippen molar-refractivity contribution in [3.8, 4) is 0 Å². The summed E-state index contributed by atoms with van der Waals surface area (Å²) in [5, 5.41) is 6.84. The van der Waals surface area contributed by atoms with Crippen LogP contribution in [0.1, 0.15) is 19.5 Å². The van der Waals surface area contributed by atoms with Crippen LogP contribution in [-0.4, -0.2) is 68.3 Å². The van der Waals surface area contributed by atoms with E-state index >= 15 is 0 Å². The van der Waals surface area contributed by atoms with Gasteiger partial charge in [0.2, 0.25) is 0 Å². The molecule has 0 radical (unpaired) electrons. The number of rotatable bonds is 7. The van der Waals surface area contributed by atoms with Crippen molar-refractivity contribution in [3.05, 3.63) is 30.1 Å². The van der Waals surface area contributed by atoms with E-state index in [1.165, 1.54) is 0 Å². The summed E-state index contributed by atoms with van der Waals surface area (Å²) in [5.74, 6) is 1.44. The van der Waals surface area contributed by atoms with Gasteiger partial charge >= 0.3 is 0 Å². The van der Waals surface area contributed by atoms with Crippen molar-refractivity contribution in [2.45, 2.75) is 26.3 Å². The Morgan fingerprint density at radius 3 is 2.71 bits per heavy atom. The van der Waals surface area contributed by atoms with Crippen LogP contribution in [0.15, 0.2) is 29.4 Å². The van der Waals surface area contributed by atoms with Crippen LogP contribution >= 0.6 is 0 Å². The van der Waals surface area contributed by atoms with E-state index in [-0.39, 0.29) is 0 Å². The van der Waals surface area contributed by atoms with E-state index in [4.69, 9.17) is 4.74 Å². The highest BCUT2D eigenvalue weighted by molar-refractivity contribution is 5.79. The summed E-state index contributed by atoms with van der Waals surface area (Å²) in [5.41, 5.74) is 1.09. The first-order valence-electron chi connectivity index (χ1n) is 8.87. The van der Waals surface area contributed by atoms with Crippen LogP contribution < -0.4 is 10.6 Å². The average Bonchev–Trinajstić information content (AvgIpc) is 2.62. The maximum Gasteiger partial charge on any atom is 0.191 e. The molecule has 2 rings (SSSR count). The Hall–Kier alpha value is -1.66. The molecule has 6 heteroatoms. The lowest BCUT2D eigenvalue weighted by atomic mass is 10.0. The predicted molar refractivity (Wildman–Crippen MR) is 98.3 cm³/mol. The Morgan fingerprint density at radius 2 is 2.08 bits per heavy atom. The number of aliphatic imine (C=N–C) groups is 1. The number of hydrogen-bond acceptors (Lipinski definition) is 4. The highest BCUT2D eigenvalue weighted by Crippen LogP contribution is 2.12. The van der Waals surface area contributed by atoms with Crippen molar-refractivity contribution < 1.29 is 4.74 Å². The fourth-order valence-electron chi connectivity index (χ4n) is 2.97. The van der Waals surface area contributed by atoms with Gasteiger partial charge < -0.3 is 15.4 Å². The van der Waals surface area contributed by atoms with E-state index in [0.29, 0.717) is 12.0 Å². The summed E-state index contributed by atoms with van der Waals surface area (Å²) in [7, 11) is 1.81. The van der Waals surface area contributed by atoms with Crippen molar-refractivity contribution in [2.75, 3.05) is 46.4 Å². The van der Waals surface area contributed by atoms with Crippen molar-refractivity contribution in [1.29, 1.82) is 0 Å². The number of morpholine rings is 1. The lowest BCUT2D eigenvalue weighted by Gasteiger charge is -2.37. The normalized spacial score (nSPS) is 17.8. The van der Waals surface area contributed by atoms with E-state index in [2.05, 4.69) is 39.4 Å². The van der Waals surface area contributed by atoms with E-state index in [0.717, 1.165) is 57.5 Å². The summed E-state index contributed by atoms with van der Waals surface area (Å²) >= 11 is 0. The predicted octanol–water partition coefficient (Wildman–Crippen LogP) is 1.15. The molecular formula is C18H31N5O. The molecule has 2 heterocycles. The van der Waals surface area contributed by atoms with Crippen molar-refractivity contribution >= 4 is 5.96 Å². The van der Waals surface area contributed by atoms with Crippen LogP contribution in [0.4, 0.5) is 0 Å². The zero-order valence-electron chi connectivity index (χ0n) is 15.2. The van der Waals surface area contributed by atoms with Gasteiger partial charge in [0.15, 0.2) is 5.96 Å². The Morgan fingerprint density at radius 1 is 1.29 bits per heavy atom. The lowest BCUT2D eigenvalue weighted by Crippen LogP contribution is -2.52. The quantitative estimate of drug-likeness (QED) is 0.579. The topological polar surface area (TPSA) is 61.8 Å². The molecule has 6 nitrogen and oxygen atoms in total. The van der Waals surface area contributed by atoms with Gasteiger partial charge in [0.25, 0.3) is 0 Å². The monoisotopic (exact) mass is 333 g/mol. The summed E-state index contributed by atoms with van der Waals surface area (Å²) < 4.78 is 5.47. The van der Waals surface area contributed by atoms with Gasteiger partial charge in [-0.2, -0.15) is 0 Å². The minimum Gasteiger partial charge on any atom is -0.379 e. The number of ether oxygens (including phenoxy) is 1. The molecule has 1 aliphatic heterocycles. The van der Waals surface area contributed by atoms with Gasteiger partial charge in [-0.25, -0.2) is 0 Å². The Kier molecular flexibility index (Phi) is 7.98. The van der Waals surface area contributed by atoms with Crippen LogP contribution in [-0.2, 0) is 11.2 Å². The van der Waals surface area contributed by atoms with Crippen LogP contribution in [0, 0.1) is 5.92 Å². The second-order valence-corrected chi connectivity index (χ2v) is 6.41. The first-order chi connectivity index (χ1) is 11.7. The van der Waals surface area contributed by atoms with Crippen LogP contribution in [0.25, 0.3) is 0 Å². The maximum atomic E-state index is 5.47. The molecule has 1 aromatic heterocycles. The Balaban J connectivity index is 1.76. The molecule has 1 saturated heterocycles. The third-order valence-corrected chi connectivity index (χ3v) is 4.39. The molecule has 24 heavy (non-hydrogen) atoms. The molecule has 1 aliphatic rings.